The summed E-state index contributed by atoms with van der Waals surface area (Å²) < 4.78 is 86.4. The van der Waals surface area contributed by atoms with Crippen molar-refractivity contribution in [3.63, 3.8) is 0 Å². The van der Waals surface area contributed by atoms with Crippen molar-refractivity contribution in [1.82, 2.24) is 0 Å². The molecule has 0 aromatic carbocycles. The van der Waals surface area contributed by atoms with Gasteiger partial charge in [0.1, 0.15) is 0 Å². The number of hydrogen-bond donors (Lipinski definition) is 0. The highest BCUT2D eigenvalue weighted by atomic mass is 19.4. The Hall–Kier alpha value is -0.950. The summed E-state index contributed by atoms with van der Waals surface area (Å²) in [5.74, 6) is 0. The molecule has 0 radical (unpaired) electrons. The molecule has 8 heteroatoms. The molecular weight excluding hydrogens is 209 g/mol. The topological polar surface area (TPSA) is 9.23 Å². The lowest BCUT2D eigenvalue weighted by Crippen LogP contribution is -2.52. The first-order valence-electron chi connectivity index (χ1n) is 2.81. The highest BCUT2D eigenvalue weighted by Gasteiger charge is 2.76. The Bertz CT molecular complexity index is 254. The van der Waals surface area contributed by atoms with Crippen LogP contribution in [0.25, 0.3) is 0 Å². The second-order valence-corrected chi connectivity index (χ2v) is 2.28. The zero-order chi connectivity index (χ0) is 10.5. The van der Waals surface area contributed by atoms with Gasteiger partial charge >= 0.3 is 18.0 Å². The van der Waals surface area contributed by atoms with E-state index in [1.54, 1.807) is 0 Å². The van der Waals surface area contributed by atoms with Gasteiger partial charge < -0.3 is 4.74 Å². The second-order valence-electron chi connectivity index (χ2n) is 2.28. The van der Waals surface area contributed by atoms with Gasteiger partial charge in [-0.1, -0.05) is 0 Å². The first-order chi connectivity index (χ1) is 5.60. The van der Waals surface area contributed by atoms with Crippen molar-refractivity contribution in [2.24, 2.45) is 0 Å². The Morgan fingerprint density at radius 2 is 1.62 bits per heavy atom. The van der Waals surface area contributed by atoms with Crippen LogP contribution in [0.15, 0.2) is 12.1 Å². The van der Waals surface area contributed by atoms with Crippen molar-refractivity contribution in [1.29, 1.82) is 0 Å². The summed E-state index contributed by atoms with van der Waals surface area (Å²) in [4.78, 5) is 0. The Morgan fingerprint density at radius 3 is 1.77 bits per heavy atom. The maximum absolute atomic E-state index is 12.5. The lowest BCUT2D eigenvalue weighted by atomic mass is 10.1. The quantitative estimate of drug-likeness (QED) is 0.558. The number of ether oxygens (including phenoxy) is 1. The largest absolute Gasteiger partial charge is 0.448 e. The van der Waals surface area contributed by atoms with E-state index >= 15 is 0 Å². The molecule has 0 spiro atoms. The molecule has 1 heterocycles. The van der Waals surface area contributed by atoms with Crippen LogP contribution in [0.3, 0.4) is 0 Å². The molecule has 0 bridgehead atoms. The zero-order valence-corrected chi connectivity index (χ0v) is 5.63. The van der Waals surface area contributed by atoms with Crippen LogP contribution >= 0.6 is 0 Å². The molecule has 76 valence electrons. The van der Waals surface area contributed by atoms with E-state index in [1.807, 2.05) is 0 Å². The molecule has 0 amide bonds. The molecule has 1 aliphatic heterocycles. The van der Waals surface area contributed by atoms with Gasteiger partial charge in [0, 0.05) is 6.08 Å². The van der Waals surface area contributed by atoms with Crippen LogP contribution in [0.1, 0.15) is 0 Å². The maximum Gasteiger partial charge on any atom is 0.448 e. The number of halogens is 7. The van der Waals surface area contributed by atoms with Gasteiger partial charge in [-0.15, -0.1) is 0 Å². The van der Waals surface area contributed by atoms with E-state index < -0.39 is 30.0 Å². The smallest absolute Gasteiger partial charge is 0.403 e. The normalized spacial score (nSPS) is 32.7. The van der Waals surface area contributed by atoms with Gasteiger partial charge in [0.2, 0.25) is 0 Å². The van der Waals surface area contributed by atoms with E-state index in [2.05, 4.69) is 4.74 Å². The number of hydrogen-bond acceptors (Lipinski definition) is 1. The van der Waals surface area contributed by atoms with Crippen molar-refractivity contribution >= 4 is 0 Å². The molecule has 1 aliphatic rings. The number of rotatable bonds is 0. The fourth-order valence-electron chi connectivity index (χ4n) is 0.713. The molecule has 0 fully saturated rings. The summed E-state index contributed by atoms with van der Waals surface area (Å²) >= 11 is 0. The molecule has 0 aromatic heterocycles. The van der Waals surface area contributed by atoms with Crippen molar-refractivity contribution in [3.8, 4) is 0 Å². The van der Waals surface area contributed by atoms with Gasteiger partial charge in [0.15, 0.2) is 0 Å². The van der Waals surface area contributed by atoms with Gasteiger partial charge in [-0.05, 0) is 0 Å². The average Bonchev–Trinajstić information content (AvgIpc) is 2.00. The van der Waals surface area contributed by atoms with E-state index in [-0.39, 0.29) is 0 Å². The molecule has 0 aromatic rings. The van der Waals surface area contributed by atoms with Gasteiger partial charge in [0.25, 0.3) is 6.01 Å². The maximum atomic E-state index is 12.5. The first kappa shape index (κ1) is 10.1. The summed E-state index contributed by atoms with van der Waals surface area (Å²) in [6.07, 6.45) is -12.1. The van der Waals surface area contributed by atoms with Crippen molar-refractivity contribution in [3.05, 3.63) is 12.1 Å². The minimum absolute atomic E-state index is 0.937. The predicted molar refractivity (Wildman–Crippen MR) is 25.1 cm³/mol. The molecule has 0 aliphatic carbocycles. The van der Waals surface area contributed by atoms with E-state index in [0.717, 1.165) is 0 Å². The van der Waals surface area contributed by atoms with Gasteiger partial charge in [0.05, 0.1) is 0 Å². The first-order valence-corrected chi connectivity index (χ1v) is 2.81. The van der Waals surface area contributed by atoms with E-state index in [1.165, 1.54) is 0 Å². The number of alkyl halides is 6. The third kappa shape index (κ3) is 1.24. The Morgan fingerprint density at radius 1 is 1.15 bits per heavy atom. The van der Waals surface area contributed by atoms with Crippen molar-refractivity contribution in [2.75, 3.05) is 0 Å². The Labute approximate surface area is 66.8 Å². The summed E-state index contributed by atoms with van der Waals surface area (Å²) in [5.41, 5.74) is -5.09. The van der Waals surface area contributed by atoms with Crippen LogP contribution in [-0.4, -0.2) is 18.0 Å². The Kier molecular flexibility index (Phi) is 1.79. The van der Waals surface area contributed by atoms with Gasteiger partial charge in [-0.3, -0.25) is 0 Å². The molecule has 0 saturated carbocycles. The van der Waals surface area contributed by atoms with Gasteiger partial charge in [-0.25, -0.2) is 4.39 Å². The second kappa shape index (κ2) is 2.30. The molecule has 0 N–H and O–H groups in total. The van der Waals surface area contributed by atoms with Crippen LogP contribution in [0.5, 0.6) is 0 Å². The highest BCUT2D eigenvalue weighted by Crippen LogP contribution is 2.52. The lowest BCUT2D eigenvalue weighted by molar-refractivity contribution is -0.343. The minimum atomic E-state index is -5.93. The third-order valence-corrected chi connectivity index (χ3v) is 1.37. The standard InChI is InChI=1S/C5HF7O/c6-2-1-3(7,4(8,9)10)5(11,12)13-2/h1H. The SMILES string of the molecule is FC1=CC(F)(C(F)(F)F)C(F)(F)O1. The highest BCUT2D eigenvalue weighted by molar-refractivity contribution is 5.17. The van der Waals surface area contributed by atoms with Crippen molar-refractivity contribution in [2.45, 2.75) is 18.0 Å². The predicted octanol–water partition coefficient (Wildman–Crippen LogP) is 2.69. The van der Waals surface area contributed by atoms with Crippen LogP contribution in [0, 0.1) is 0 Å². The van der Waals surface area contributed by atoms with Gasteiger partial charge in [-0.2, -0.15) is 26.3 Å². The molecule has 1 atom stereocenters. The molecule has 1 unspecified atom stereocenters. The Balaban J connectivity index is 3.15. The zero-order valence-electron chi connectivity index (χ0n) is 5.63. The lowest BCUT2D eigenvalue weighted by Gasteiger charge is -2.25. The van der Waals surface area contributed by atoms with Crippen LogP contribution < -0.4 is 0 Å². The summed E-state index contributed by atoms with van der Waals surface area (Å²) in [6.45, 7) is 0. The summed E-state index contributed by atoms with van der Waals surface area (Å²) in [5, 5.41) is 0. The molecule has 0 saturated heterocycles. The fraction of sp³-hybridized carbons (Fsp3) is 0.600. The molecular formula is C5HF7O. The van der Waals surface area contributed by atoms with Crippen molar-refractivity contribution < 1.29 is 35.5 Å². The minimum Gasteiger partial charge on any atom is -0.403 e. The average molecular weight is 210 g/mol. The van der Waals surface area contributed by atoms with Crippen LogP contribution in [0.4, 0.5) is 30.7 Å². The fourth-order valence-corrected chi connectivity index (χ4v) is 0.713. The van der Waals surface area contributed by atoms with Crippen LogP contribution in [0.2, 0.25) is 0 Å². The molecule has 1 nitrogen and oxygen atoms in total. The molecule has 1 rings (SSSR count). The summed E-state index contributed by atoms with van der Waals surface area (Å²) in [7, 11) is 0. The molecule has 13 heavy (non-hydrogen) atoms. The third-order valence-electron chi connectivity index (χ3n) is 1.37. The van der Waals surface area contributed by atoms with Crippen LogP contribution in [-0.2, 0) is 4.74 Å². The van der Waals surface area contributed by atoms with E-state index in [0.29, 0.717) is 0 Å². The van der Waals surface area contributed by atoms with E-state index in [4.69, 9.17) is 0 Å². The summed E-state index contributed by atoms with van der Waals surface area (Å²) in [6, 6.07) is -2.29. The monoisotopic (exact) mass is 210 g/mol. The van der Waals surface area contributed by atoms with E-state index in [9.17, 15) is 30.7 Å².